The Morgan fingerprint density at radius 3 is 1.91 bits per heavy atom. The molecule has 0 aromatic carbocycles. The highest BCUT2D eigenvalue weighted by Crippen LogP contribution is 2.33. The van der Waals surface area contributed by atoms with Crippen molar-refractivity contribution < 1.29 is 22.7 Å². The maximum atomic E-state index is 11.8. The molecule has 0 heterocycles. The maximum Gasteiger partial charge on any atom is 0.420 e. The van der Waals surface area contributed by atoms with E-state index < -0.39 is 24.9 Å². The van der Waals surface area contributed by atoms with Crippen LogP contribution in [-0.4, -0.2) is 23.6 Å². The van der Waals surface area contributed by atoms with Crippen molar-refractivity contribution in [2.45, 2.75) is 18.2 Å². The summed E-state index contributed by atoms with van der Waals surface area (Å²) in [5.41, 5.74) is -3.26. The summed E-state index contributed by atoms with van der Waals surface area (Å²) < 4.78 is 47.0. The van der Waals surface area contributed by atoms with Gasteiger partial charge in [0.15, 0.2) is 5.60 Å². The predicted octanol–water partition coefficient (Wildman–Crippen LogP) is 1.83. The average molecular weight is 172 g/mol. The van der Waals surface area contributed by atoms with Gasteiger partial charge in [-0.15, -0.1) is 6.58 Å². The van der Waals surface area contributed by atoms with Gasteiger partial charge in [-0.2, -0.15) is 13.2 Å². The third-order valence-corrected chi connectivity index (χ3v) is 1.23. The Morgan fingerprint density at radius 2 is 1.82 bits per heavy atom. The summed E-state index contributed by atoms with van der Waals surface area (Å²) in [6.07, 6.45) is -4.93. The summed E-state index contributed by atoms with van der Waals surface area (Å²) >= 11 is 0. The summed E-state index contributed by atoms with van der Waals surface area (Å²) in [6, 6.07) is 0. The lowest BCUT2D eigenvalue weighted by Gasteiger charge is -2.25. The lowest BCUT2D eigenvalue weighted by atomic mass is 10.0. The Labute approximate surface area is 61.3 Å². The molecule has 0 aliphatic heterocycles. The molecule has 1 N–H and O–H groups in total. The fourth-order valence-corrected chi connectivity index (χ4v) is 0.485. The second-order valence-electron chi connectivity index (χ2n) is 2.16. The van der Waals surface area contributed by atoms with Gasteiger partial charge in [0.25, 0.3) is 0 Å². The highest BCUT2D eigenvalue weighted by atomic mass is 19.4. The molecule has 0 aromatic heterocycles. The summed E-state index contributed by atoms with van der Waals surface area (Å²) in [6.45, 7) is 1.14. The van der Waals surface area contributed by atoms with Gasteiger partial charge in [0, 0.05) is 6.42 Å². The monoisotopic (exact) mass is 172 g/mol. The predicted molar refractivity (Wildman–Crippen MR) is 31.8 cm³/mol. The number of halogens is 4. The van der Waals surface area contributed by atoms with Crippen molar-refractivity contribution in [3.05, 3.63) is 12.7 Å². The molecule has 0 rings (SSSR count). The van der Waals surface area contributed by atoms with E-state index in [1.54, 1.807) is 0 Å². The molecular weight excluding hydrogens is 164 g/mol. The largest absolute Gasteiger partial charge is 0.420 e. The number of aliphatic hydroxyl groups is 1. The van der Waals surface area contributed by atoms with E-state index >= 15 is 0 Å². The second-order valence-corrected chi connectivity index (χ2v) is 2.16. The molecule has 0 bridgehead atoms. The van der Waals surface area contributed by atoms with Gasteiger partial charge in [0.1, 0.15) is 6.67 Å². The van der Waals surface area contributed by atoms with Crippen LogP contribution in [0.25, 0.3) is 0 Å². The Balaban J connectivity index is 4.45. The van der Waals surface area contributed by atoms with E-state index in [0.29, 0.717) is 0 Å². The molecule has 0 spiro atoms. The normalized spacial score (nSPS) is 17.5. The molecule has 0 aromatic rings. The molecule has 0 saturated carbocycles. The first-order chi connectivity index (χ1) is 4.87. The van der Waals surface area contributed by atoms with Gasteiger partial charge in [0.2, 0.25) is 0 Å². The third-order valence-electron chi connectivity index (χ3n) is 1.23. The van der Waals surface area contributed by atoms with Crippen LogP contribution in [0.1, 0.15) is 6.42 Å². The highest BCUT2D eigenvalue weighted by molar-refractivity contribution is 4.92. The molecule has 0 amide bonds. The standard InChI is InChI=1S/C6H8F4O/c1-2-3-5(11,4-7)6(8,9)10/h2,11H,1,3-4H2. The van der Waals surface area contributed by atoms with Crippen molar-refractivity contribution in [1.82, 2.24) is 0 Å². The number of hydrogen-bond donors (Lipinski definition) is 1. The first-order valence-electron chi connectivity index (χ1n) is 2.83. The summed E-state index contributed by atoms with van der Waals surface area (Å²) in [4.78, 5) is 0. The summed E-state index contributed by atoms with van der Waals surface area (Å²) in [5.74, 6) is 0. The SMILES string of the molecule is C=CCC(O)(CF)C(F)(F)F. The first-order valence-corrected chi connectivity index (χ1v) is 2.83. The molecule has 1 atom stereocenters. The van der Waals surface area contributed by atoms with Crippen LogP contribution in [-0.2, 0) is 0 Å². The lowest BCUT2D eigenvalue weighted by molar-refractivity contribution is -0.263. The molecule has 0 radical (unpaired) electrons. The molecule has 1 nitrogen and oxygen atoms in total. The van der Waals surface area contributed by atoms with Gasteiger partial charge in [-0.3, -0.25) is 0 Å². The van der Waals surface area contributed by atoms with Gasteiger partial charge in [-0.1, -0.05) is 6.08 Å². The van der Waals surface area contributed by atoms with Crippen molar-refractivity contribution in [1.29, 1.82) is 0 Å². The maximum absolute atomic E-state index is 11.8. The number of hydrogen-bond acceptors (Lipinski definition) is 1. The number of alkyl halides is 4. The molecule has 0 aliphatic rings. The fourth-order valence-electron chi connectivity index (χ4n) is 0.485. The Bertz CT molecular complexity index is 142. The molecular formula is C6H8F4O. The van der Waals surface area contributed by atoms with Crippen LogP contribution in [0.2, 0.25) is 0 Å². The highest BCUT2D eigenvalue weighted by Gasteiger charge is 2.52. The Kier molecular flexibility index (Phi) is 3.04. The van der Waals surface area contributed by atoms with E-state index in [1.165, 1.54) is 0 Å². The van der Waals surface area contributed by atoms with Gasteiger partial charge in [-0.25, -0.2) is 4.39 Å². The molecule has 0 aliphatic carbocycles. The molecule has 66 valence electrons. The minimum atomic E-state index is -4.93. The van der Waals surface area contributed by atoms with Crippen LogP contribution in [0.4, 0.5) is 17.6 Å². The molecule has 11 heavy (non-hydrogen) atoms. The summed E-state index contributed by atoms with van der Waals surface area (Å²) in [7, 11) is 0. The molecule has 1 unspecified atom stereocenters. The van der Waals surface area contributed by atoms with Crippen LogP contribution in [0.3, 0.4) is 0 Å². The molecule has 0 fully saturated rings. The molecule has 0 saturated heterocycles. The third kappa shape index (κ3) is 2.18. The smallest absolute Gasteiger partial charge is 0.378 e. The van der Waals surface area contributed by atoms with Crippen molar-refractivity contribution in [3.63, 3.8) is 0 Å². The minimum Gasteiger partial charge on any atom is -0.378 e. The quantitative estimate of drug-likeness (QED) is 0.508. The van der Waals surface area contributed by atoms with Crippen LogP contribution < -0.4 is 0 Å². The van der Waals surface area contributed by atoms with Gasteiger partial charge >= 0.3 is 6.18 Å². The zero-order valence-corrected chi connectivity index (χ0v) is 5.66. The van der Waals surface area contributed by atoms with E-state index in [4.69, 9.17) is 5.11 Å². The van der Waals surface area contributed by atoms with Gasteiger partial charge < -0.3 is 5.11 Å². The van der Waals surface area contributed by atoms with E-state index in [2.05, 4.69) is 6.58 Å². The fraction of sp³-hybridized carbons (Fsp3) is 0.667. The Hall–Kier alpha value is -0.580. The van der Waals surface area contributed by atoms with E-state index in [1.807, 2.05) is 0 Å². The van der Waals surface area contributed by atoms with Crippen molar-refractivity contribution in [2.75, 3.05) is 6.67 Å². The van der Waals surface area contributed by atoms with Crippen molar-refractivity contribution in [3.8, 4) is 0 Å². The number of rotatable bonds is 3. The van der Waals surface area contributed by atoms with Crippen LogP contribution in [0, 0.1) is 0 Å². The van der Waals surface area contributed by atoms with Crippen LogP contribution in [0.5, 0.6) is 0 Å². The van der Waals surface area contributed by atoms with E-state index in [-0.39, 0.29) is 0 Å². The van der Waals surface area contributed by atoms with Crippen LogP contribution in [0.15, 0.2) is 12.7 Å². The molecule has 5 heteroatoms. The topological polar surface area (TPSA) is 20.2 Å². The summed E-state index contributed by atoms with van der Waals surface area (Å²) in [5, 5.41) is 8.59. The second kappa shape index (κ2) is 3.21. The lowest BCUT2D eigenvalue weighted by Crippen LogP contribution is -2.46. The first kappa shape index (κ1) is 10.4. The van der Waals surface area contributed by atoms with E-state index in [0.717, 1.165) is 6.08 Å². The zero-order chi connectivity index (χ0) is 9.12. The van der Waals surface area contributed by atoms with E-state index in [9.17, 15) is 17.6 Å². The average Bonchev–Trinajstić information content (AvgIpc) is 1.86. The van der Waals surface area contributed by atoms with Gasteiger partial charge in [0.05, 0.1) is 0 Å². The van der Waals surface area contributed by atoms with Gasteiger partial charge in [-0.05, 0) is 0 Å². The van der Waals surface area contributed by atoms with Crippen molar-refractivity contribution in [2.24, 2.45) is 0 Å². The zero-order valence-electron chi connectivity index (χ0n) is 5.66. The van der Waals surface area contributed by atoms with Crippen LogP contribution >= 0.6 is 0 Å². The van der Waals surface area contributed by atoms with Crippen molar-refractivity contribution >= 4 is 0 Å². The minimum absolute atomic E-state index is 0.826. The Morgan fingerprint density at radius 1 is 1.36 bits per heavy atom.